The molecule has 5 nitrogen and oxygen atoms in total. The van der Waals surface area contributed by atoms with E-state index >= 15 is 0 Å². The number of benzene rings is 2. The summed E-state index contributed by atoms with van der Waals surface area (Å²) in [5, 5.41) is 2.85. The van der Waals surface area contributed by atoms with Crippen LogP contribution in [0.3, 0.4) is 0 Å². The highest BCUT2D eigenvalue weighted by Crippen LogP contribution is 2.20. The summed E-state index contributed by atoms with van der Waals surface area (Å²) in [6.45, 7) is 2.48. The van der Waals surface area contributed by atoms with E-state index in [2.05, 4.69) is 21.2 Å². The maximum absolute atomic E-state index is 13.4. The van der Waals surface area contributed by atoms with Gasteiger partial charge in [-0.1, -0.05) is 18.2 Å². The summed E-state index contributed by atoms with van der Waals surface area (Å²) in [7, 11) is 0. The molecule has 1 heterocycles. The Hall–Kier alpha value is -2.25. The molecule has 0 unspecified atom stereocenters. The minimum absolute atomic E-state index is 0.0798. The number of hydrogen-bond donors (Lipinski definition) is 1. The van der Waals surface area contributed by atoms with Gasteiger partial charge >= 0.3 is 0 Å². The summed E-state index contributed by atoms with van der Waals surface area (Å²) < 4.78 is 14.0. The van der Waals surface area contributed by atoms with E-state index in [1.54, 1.807) is 4.90 Å². The molecule has 2 aromatic rings. The lowest BCUT2D eigenvalue weighted by Gasteiger charge is -2.34. The van der Waals surface area contributed by atoms with E-state index in [1.807, 2.05) is 35.2 Å². The molecule has 0 aliphatic carbocycles. The molecule has 0 radical (unpaired) electrons. The van der Waals surface area contributed by atoms with Crippen LogP contribution in [0.2, 0.25) is 0 Å². The number of anilines is 1. The van der Waals surface area contributed by atoms with Gasteiger partial charge in [0, 0.05) is 36.3 Å². The van der Waals surface area contributed by atoms with E-state index in [0.29, 0.717) is 36.2 Å². The van der Waals surface area contributed by atoms with Gasteiger partial charge in [-0.05, 0) is 46.3 Å². The Kier molecular flexibility index (Phi) is 6.00. The molecule has 0 spiro atoms. The highest BCUT2D eigenvalue weighted by atomic mass is 79.9. The molecular weight excluding hydrogens is 401 g/mol. The third-order valence-corrected chi connectivity index (χ3v) is 4.93. The summed E-state index contributed by atoms with van der Waals surface area (Å²) in [4.78, 5) is 28.4. The molecule has 0 saturated carbocycles. The number of nitrogens with zero attached hydrogens (tertiary/aromatic N) is 2. The molecule has 2 aromatic carbocycles. The average molecular weight is 420 g/mol. The van der Waals surface area contributed by atoms with Crippen molar-refractivity contribution in [1.29, 1.82) is 0 Å². The van der Waals surface area contributed by atoms with Crippen LogP contribution in [0.1, 0.15) is 10.4 Å². The first-order chi connectivity index (χ1) is 12.5. The van der Waals surface area contributed by atoms with Crippen molar-refractivity contribution in [2.24, 2.45) is 0 Å². The second-order valence-corrected chi connectivity index (χ2v) is 6.96. The maximum atomic E-state index is 13.4. The predicted octanol–water partition coefficient (Wildman–Crippen LogP) is 2.98. The molecule has 0 bridgehead atoms. The quantitative estimate of drug-likeness (QED) is 0.828. The van der Waals surface area contributed by atoms with Gasteiger partial charge in [0.15, 0.2) is 0 Å². The first kappa shape index (κ1) is 18.5. The number of halogens is 2. The topological polar surface area (TPSA) is 52.7 Å². The molecule has 1 saturated heterocycles. The molecule has 1 aliphatic heterocycles. The third kappa shape index (κ3) is 4.68. The molecular formula is C19H19BrFN3O2. The van der Waals surface area contributed by atoms with E-state index in [0.717, 1.165) is 5.69 Å². The third-order valence-electron chi connectivity index (χ3n) is 4.24. The Labute approximate surface area is 159 Å². The van der Waals surface area contributed by atoms with E-state index in [9.17, 15) is 14.0 Å². The van der Waals surface area contributed by atoms with Crippen LogP contribution >= 0.6 is 15.9 Å². The van der Waals surface area contributed by atoms with E-state index in [1.165, 1.54) is 18.2 Å². The first-order valence-corrected chi connectivity index (χ1v) is 9.14. The highest BCUT2D eigenvalue weighted by molar-refractivity contribution is 9.10. The van der Waals surface area contributed by atoms with Crippen LogP contribution in [0, 0.1) is 5.82 Å². The number of para-hydroxylation sites is 1. The van der Waals surface area contributed by atoms with Crippen LogP contribution in [0.5, 0.6) is 0 Å². The largest absolute Gasteiger partial charge is 0.336 e. The Bertz CT molecular complexity index is 793. The fourth-order valence-corrected chi connectivity index (χ4v) is 3.28. The summed E-state index contributed by atoms with van der Waals surface area (Å²) in [5.74, 6) is -0.721. The summed E-state index contributed by atoms with van der Waals surface area (Å²) in [6.07, 6.45) is 0. The summed E-state index contributed by atoms with van der Waals surface area (Å²) in [5.41, 5.74) is 1.09. The van der Waals surface area contributed by atoms with E-state index in [4.69, 9.17) is 0 Å². The van der Waals surface area contributed by atoms with Crippen molar-refractivity contribution in [3.8, 4) is 0 Å². The minimum atomic E-state index is -0.437. The second kappa shape index (κ2) is 8.42. The lowest BCUT2D eigenvalue weighted by molar-refractivity contribution is -0.117. The van der Waals surface area contributed by atoms with Crippen LogP contribution in [0.25, 0.3) is 0 Å². The fraction of sp³-hybridized carbons (Fsp3) is 0.263. The van der Waals surface area contributed by atoms with Gasteiger partial charge in [0.25, 0.3) is 5.91 Å². The number of nitrogens with one attached hydrogen (secondary N) is 1. The molecule has 7 heteroatoms. The van der Waals surface area contributed by atoms with Crippen molar-refractivity contribution in [3.05, 3.63) is 64.4 Å². The highest BCUT2D eigenvalue weighted by Gasteiger charge is 2.24. The van der Waals surface area contributed by atoms with Gasteiger partial charge in [0.1, 0.15) is 5.82 Å². The van der Waals surface area contributed by atoms with Crippen molar-refractivity contribution in [2.45, 2.75) is 0 Å². The molecule has 0 atom stereocenters. The summed E-state index contributed by atoms with van der Waals surface area (Å²) in [6, 6.07) is 13.4. The standard InChI is InChI=1S/C19H19BrFN3O2/c20-17-7-6-14(21)12-16(17)19(26)24-10-8-23(9-11-24)13-18(25)22-15-4-2-1-3-5-15/h1-7,12H,8-11,13H2,(H,22,25). The zero-order valence-electron chi connectivity index (χ0n) is 14.1. The fourth-order valence-electron chi connectivity index (χ4n) is 2.87. The Balaban J connectivity index is 1.51. The monoisotopic (exact) mass is 419 g/mol. The smallest absolute Gasteiger partial charge is 0.255 e. The SMILES string of the molecule is O=C(CN1CCN(C(=O)c2cc(F)ccc2Br)CC1)Nc1ccccc1. The second-order valence-electron chi connectivity index (χ2n) is 6.11. The van der Waals surface area contributed by atoms with Crippen molar-refractivity contribution >= 4 is 33.4 Å². The zero-order valence-corrected chi connectivity index (χ0v) is 15.7. The van der Waals surface area contributed by atoms with Gasteiger partial charge < -0.3 is 10.2 Å². The lowest BCUT2D eigenvalue weighted by Crippen LogP contribution is -2.50. The molecule has 26 heavy (non-hydrogen) atoms. The molecule has 1 fully saturated rings. The number of carbonyl (C=O) groups is 2. The maximum Gasteiger partial charge on any atom is 0.255 e. The van der Waals surface area contributed by atoms with Gasteiger partial charge in [-0.2, -0.15) is 0 Å². The molecule has 0 aromatic heterocycles. The van der Waals surface area contributed by atoms with Gasteiger partial charge in [-0.25, -0.2) is 4.39 Å². The van der Waals surface area contributed by atoms with Gasteiger partial charge in [0.2, 0.25) is 5.91 Å². The number of carbonyl (C=O) groups excluding carboxylic acids is 2. The minimum Gasteiger partial charge on any atom is -0.336 e. The Morgan fingerprint density at radius 1 is 1.04 bits per heavy atom. The first-order valence-electron chi connectivity index (χ1n) is 8.34. The Morgan fingerprint density at radius 2 is 1.73 bits per heavy atom. The van der Waals surface area contributed by atoms with Gasteiger partial charge in [-0.3, -0.25) is 14.5 Å². The number of hydrogen-bond acceptors (Lipinski definition) is 3. The molecule has 1 N–H and O–H groups in total. The lowest BCUT2D eigenvalue weighted by atomic mass is 10.1. The van der Waals surface area contributed by atoms with Crippen LogP contribution in [-0.4, -0.2) is 54.3 Å². The molecule has 1 aliphatic rings. The van der Waals surface area contributed by atoms with Crippen LogP contribution in [-0.2, 0) is 4.79 Å². The number of rotatable bonds is 4. The average Bonchev–Trinajstić information content (AvgIpc) is 2.64. The molecule has 2 amide bonds. The van der Waals surface area contributed by atoms with Crippen LogP contribution < -0.4 is 5.32 Å². The van der Waals surface area contributed by atoms with Crippen molar-refractivity contribution in [3.63, 3.8) is 0 Å². The van der Waals surface area contributed by atoms with Gasteiger partial charge in [0.05, 0.1) is 12.1 Å². The number of amides is 2. The molecule has 136 valence electrons. The normalized spacial score (nSPS) is 14.9. The predicted molar refractivity (Wildman–Crippen MR) is 102 cm³/mol. The van der Waals surface area contributed by atoms with Crippen molar-refractivity contribution in [2.75, 3.05) is 38.0 Å². The number of piperazine rings is 1. The van der Waals surface area contributed by atoms with Crippen molar-refractivity contribution in [1.82, 2.24) is 9.80 Å². The summed E-state index contributed by atoms with van der Waals surface area (Å²) >= 11 is 3.30. The van der Waals surface area contributed by atoms with E-state index < -0.39 is 5.82 Å². The zero-order chi connectivity index (χ0) is 18.5. The molecule has 3 rings (SSSR count). The van der Waals surface area contributed by atoms with E-state index in [-0.39, 0.29) is 18.4 Å². The van der Waals surface area contributed by atoms with Gasteiger partial charge in [-0.15, -0.1) is 0 Å². The van der Waals surface area contributed by atoms with Crippen LogP contribution in [0.15, 0.2) is 53.0 Å². The Morgan fingerprint density at radius 3 is 2.42 bits per heavy atom. The van der Waals surface area contributed by atoms with Crippen LogP contribution in [0.4, 0.5) is 10.1 Å². The van der Waals surface area contributed by atoms with Crippen molar-refractivity contribution < 1.29 is 14.0 Å².